The molecule has 2 aromatic carbocycles. The third-order valence-electron chi connectivity index (χ3n) is 3.40. The zero-order valence-electron chi connectivity index (χ0n) is 12.8. The third kappa shape index (κ3) is 3.10. The van der Waals surface area contributed by atoms with Crippen molar-refractivity contribution < 1.29 is 18.7 Å². The molecule has 0 aliphatic heterocycles. The Balaban J connectivity index is 1.75. The summed E-state index contributed by atoms with van der Waals surface area (Å²) in [5.41, 5.74) is 6.60. The number of rotatable bonds is 4. The lowest BCUT2D eigenvalue weighted by Crippen LogP contribution is -2.09. The molecule has 24 heavy (non-hydrogen) atoms. The van der Waals surface area contributed by atoms with Gasteiger partial charge in [0.15, 0.2) is 24.0 Å². The summed E-state index contributed by atoms with van der Waals surface area (Å²) in [5, 5.41) is 0.727. The monoisotopic (exact) mass is 327 g/mol. The van der Waals surface area contributed by atoms with Gasteiger partial charge in [-0.25, -0.2) is 19.2 Å². The van der Waals surface area contributed by atoms with Crippen molar-refractivity contribution in [2.24, 2.45) is 0 Å². The summed E-state index contributed by atoms with van der Waals surface area (Å²) in [6.07, 6.45) is 0. The van der Waals surface area contributed by atoms with E-state index in [4.69, 9.17) is 15.2 Å². The van der Waals surface area contributed by atoms with Crippen LogP contribution in [0.25, 0.3) is 10.9 Å². The van der Waals surface area contributed by atoms with Gasteiger partial charge < -0.3 is 15.2 Å². The SMILES string of the molecule is COc1ccc(C(=O)OCc2nc(N)c3ccccc3n2)cc1F. The molecular weight excluding hydrogens is 313 g/mol. The van der Waals surface area contributed by atoms with E-state index in [0.717, 1.165) is 11.5 Å². The van der Waals surface area contributed by atoms with Crippen LogP contribution < -0.4 is 10.5 Å². The van der Waals surface area contributed by atoms with Crippen LogP contribution in [0.1, 0.15) is 16.2 Å². The quantitative estimate of drug-likeness (QED) is 0.741. The summed E-state index contributed by atoms with van der Waals surface area (Å²) in [6.45, 7) is -0.165. The molecule has 7 heteroatoms. The maximum absolute atomic E-state index is 13.6. The first kappa shape index (κ1) is 15.7. The van der Waals surface area contributed by atoms with Crippen LogP contribution in [-0.4, -0.2) is 23.0 Å². The van der Waals surface area contributed by atoms with Crippen molar-refractivity contribution in [3.63, 3.8) is 0 Å². The molecule has 3 aromatic rings. The second kappa shape index (κ2) is 6.49. The van der Waals surface area contributed by atoms with Gasteiger partial charge in [0.25, 0.3) is 0 Å². The number of ether oxygens (including phenoxy) is 2. The van der Waals surface area contributed by atoms with E-state index in [1.807, 2.05) is 12.1 Å². The fourth-order valence-electron chi connectivity index (χ4n) is 2.22. The van der Waals surface area contributed by atoms with E-state index in [2.05, 4.69) is 9.97 Å². The van der Waals surface area contributed by atoms with Crippen molar-refractivity contribution in [2.45, 2.75) is 6.61 Å². The van der Waals surface area contributed by atoms with Gasteiger partial charge in [-0.3, -0.25) is 0 Å². The number of benzene rings is 2. The molecule has 2 N–H and O–H groups in total. The number of anilines is 1. The Morgan fingerprint density at radius 3 is 2.75 bits per heavy atom. The number of para-hydroxylation sites is 1. The Morgan fingerprint density at radius 2 is 2.00 bits per heavy atom. The second-order valence-electron chi connectivity index (χ2n) is 4.97. The number of halogens is 1. The van der Waals surface area contributed by atoms with Crippen LogP contribution in [0.2, 0.25) is 0 Å². The molecule has 0 atom stereocenters. The molecule has 0 saturated carbocycles. The number of carbonyl (C=O) groups is 1. The molecule has 0 fully saturated rings. The van der Waals surface area contributed by atoms with Crippen molar-refractivity contribution in [3.05, 3.63) is 59.7 Å². The molecule has 6 nitrogen and oxygen atoms in total. The van der Waals surface area contributed by atoms with Gasteiger partial charge in [0, 0.05) is 5.39 Å². The van der Waals surface area contributed by atoms with Crippen molar-refractivity contribution >= 4 is 22.7 Å². The number of aromatic nitrogens is 2. The molecular formula is C17H14FN3O3. The van der Waals surface area contributed by atoms with Gasteiger partial charge in [0.1, 0.15) is 5.82 Å². The molecule has 122 valence electrons. The van der Waals surface area contributed by atoms with E-state index in [-0.39, 0.29) is 23.7 Å². The van der Waals surface area contributed by atoms with Gasteiger partial charge in [0.2, 0.25) is 0 Å². The van der Waals surface area contributed by atoms with E-state index < -0.39 is 11.8 Å². The normalized spacial score (nSPS) is 10.6. The molecule has 1 aromatic heterocycles. The molecule has 0 unspecified atom stereocenters. The lowest BCUT2D eigenvalue weighted by atomic mass is 10.2. The van der Waals surface area contributed by atoms with Crippen LogP contribution in [-0.2, 0) is 11.3 Å². The number of fused-ring (bicyclic) bond motifs is 1. The lowest BCUT2D eigenvalue weighted by Gasteiger charge is -2.07. The minimum atomic E-state index is -0.688. The average Bonchev–Trinajstić information content (AvgIpc) is 2.59. The summed E-state index contributed by atoms with van der Waals surface area (Å²) in [4.78, 5) is 20.4. The van der Waals surface area contributed by atoms with Crippen molar-refractivity contribution in [1.29, 1.82) is 0 Å². The first-order valence-electron chi connectivity index (χ1n) is 7.10. The summed E-state index contributed by atoms with van der Waals surface area (Å²) >= 11 is 0. The highest BCUT2D eigenvalue weighted by molar-refractivity contribution is 5.90. The largest absolute Gasteiger partial charge is 0.494 e. The maximum atomic E-state index is 13.6. The van der Waals surface area contributed by atoms with Crippen LogP contribution in [0, 0.1) is 5.82 Å². The highest BCUT2D eigenvalue weighted by Gasteiger charge is 2.13. The highest BCUT2D eigenvalue weighted by atomic mass is 19.1. The van der Waals surface area contributed by atoms with Crippen LogP contribution in [0.5, 0.6) is 5.75 Å². The zero-order chi connectivity index (χ0) is 17.1. The van der Waals surface area contributed by atoms with Crippen molar-refractivity contribution in [1.82, 2.24) is 9.97 Å². The Kier molecular flexibility index (Phi) is 4.24. The summed E-state index contributed by atoms with van der Waals surface area (Å²) in [7, 11) is 1.35. The van der Waals surface area contributed by atoms with E-state index in [0.29, 0.717) is 11.3 Å². The fraction of sp³-hybridized carbons (Fsp3) is 0.118. The van der Waals surface area contributed by atoms with E-state index in [1.165, 1.54) is 19.2 Å². The molecule has 0 radical (unpaired) electrons. The fourth-order valence-corrected chi connectivity index (χ4v) is 2.22. The van der Waals surface area contributed by atoms with Crippen molar-refractivity contribution in [2.75, 3.05) is 12.8 Å². The molecule has 0 spiro atoms. The predicted octanol–water partition coefficient (Wildman–Crippen LogP) is 2.72. The first-order chi connectivity index (χ1) is 11.6. The Hall–Kier alpha value is -3.22. The molecule has 3 rings (SSSR count). The summed E-state index contributed by atoms with van der Waals surface area (Å²) in [5.74, 6) is -0.696. The number of hydrogen-bond donors (Lipinski definition) is 1. The minimum Gasteiger partial charge on any atom is -0.494 e. The van der Waals surface area contributed by atoms with Gasteiger partial charge in [-0.15, -0.1) is 0 Å². The number of hydrogen-bond acceptors (Lipinski definition) is 6. The van der Waals surface area contributed by atoms with Crippen LogP contribution >= 0.6 is 0 Å². The van der Waals surface area contributed by atoms with Crippen LogP contribution in [0.3, 0.4) is 0 Å². The van der Waals surface area contributed by atoms with Gasteiger partial charge in [-0.05, 0) is 30.3 Å². The van der Waals surface area contributed by atoms with E-state index >= 15 is 0 Å². The van der Waals surface area contributed by atoms with Gasteiger partial charge in [-0.1, -0.05) is 12.1 Å². The zero-order valence-corrected chi connectivity index (χ0v) is 12.8. The van der Waals surface area contributed by atoms with Gasteiger partial charge >= 0.3 is 5.97 Å². The molecule has 0 amide bonds. The van der Waals surface area contributed by atoms with Crippen molar-refractivity contribution in [3.8, 4) is 5.75 Å². The highest BCUT2D eigenvalue weighted by Crippen LogP contribution is 2.19. The number of methoxy groups -OCH3 is 1. The number of nitrogens with zero attached hydrogens (tertiary/aromatic N) is 2. The van der Waals surface area contributed by atoms with Crippen LogP contribution in [0.4, 0.5) is 10.2 Å². The second-order valence-corrected chi connectivity index (χ2v) is 4.97. The van der Waals surface area contributed by atoms with E-state index in [9.17, 15) is 9.18 Å². The smallest absolute Gasteiger partial charge is 0.338 e. The molecule has 0 aliphatic rings. The average molecular weight is 327 g/mol. The lowest BCUT2D eigenvalue weighted by molar-refractivity contribution is 0.0462. The van der Waals surface area contributed by atoms with E-state index in [1.54, 1.807) is 12.1 Å². The number of esters is 1. The molecule has 0 aliphatic carbocycles. The Bertz CT molecular complexity index is 915. The Morgan fingerprint density at radius 1 is 1.21 bits per heavy atom. The molecule has 1 heterocycles. The first-order valence-corrected chi connectivity index (χ1v) is 7.10. The third-order valence-corrected chi connectivity index (χ3v) is 3.40. The van der Waals surface area contributed by atoms with Crippen LogP contribution in [0.15, 0.2) is 42.5 Å². The maximum Gasteiger partial charge on any atom is 0.338 e. The standard InChI is InChI=1S/C17H14FN3O3/c1-23-14-7-6-10(8-12(14)18)17(22)24-9-15-20-13-5-3-2-4-11(13)16(19)21-15/h2-8H,9H2,1H3,(H2,19,20,21). The predicted molar refractivity (Wildman–Crippen MR) is 86.0 cm³/mol. The summed E-state index contributed by atoms with van der Waals surface area (Å²) < 4.78 is 23.5. The Labute approximate surface area is 137 Å². The van der Waals surface area contributed by atoms with Gasteiger partial charge in [-0.2, -0.15) is 0 Å². The number of nitrogens with two attached hydrogens (primary N) is 1. The number of nitrogen functional groups attached to an aromatic ring is 1. The summed E-state index contributed by atoms with van der Waals surface area (Å²) in [6, 6.07) is 11.1. The molecule has 0 saturated heterocycles. The number of carbonyl (C=O) groups excluding carboxylic acids is 1. The minimum absolute atomic E-state index is 0.0530. The topological polar surface area (TPSA) is 87.3 Å². The molecule has 0 bridgehead atoms. The van der Waals surface area contributed by atoms with Gasteiger partial charge in [0.05, 0.1) is 18.2 Å².